The van der Waals surface area contributed by atoms with Crippen LogP contribution in [-0.4, -0.2) is 5.78 Å². The maximum absolute atomic E-state index is 11.0. The standard InChI is InChI=1S/C13H18O.C2H6.CH4/c1-11(12(2)14)7-6-10-13-8-4-3-5-9-13;1-2;/h3-5,8-9,11H,6-7,10H2,1-2H3;1-2H3;1H4. The van der Waals surface area contributed by atoms with Gasteiger partial charge in [-0.15, -0.1) is 0 Å². The monoisotopic (exact) mass is 236 g/mol. The van der Waals surface area contributed by atoms with Crippen molar-refractivity contribution in [2.24, 2.45) is 5.92 Å². The summed E-state index contributed by atoms with van der Waals surface area (Å²) in [5, 5.41) is 0. The molecule has 1 nitrogen and oxygen atoms in total. The number of ketones is 1. The van der Waals surface area contributed by atoms with Crippen LogP contribution in [0.5, 0.6) is 0 Å². The smallest absolute Gasteiger partial charge is 0.132 e. The Kier molecular flexibility index (Phi) is 12.2. The van der Waals surface area contributed by atoms with Gasteiger partial charge in [0.25, 0.3) is 0 Å². The van der Waals surface area contributed by atoms with E-state index < -0.39 is 0 Å². The lowest BCUT2D eigenvalue weighted by Gasteiger charge is -2.06. The van der Waals surface area contributed by atoms with Gasteiger partial charge in [-0.05, 0) is 31.7 Å². The predicted molar refractivity (Wildman–Crippen MR) is 77.3 cm³/mol. The average Bonchev–Trinajstić information content (AvgIpc) is 2.33. The Morgan fingerprint density at radius 3 is 2.18 bits per heavy atom. The van der Waals surface area contributed by atoms with Crippen molar-refractivity contribution in [2.75, 3.05) is 0 Å². The van der Waals surface area contributed by atoms with E-state index in [0.29, 0.717) is 5.78 Å². The van der Waals surface area contributed by atoms with Gasteiger partial charge < -0.3 is 0 Å². The number of Topliss-reactive ketones (excluding diaryl/α,β-unsaturated/α-hetero) is 1. The third kappa shape index (κ3) is 8.67. The minimum atomic E-state index is 0. The molecule has 0 spiro atoms. The van der Waals surface area contributed by atoms with Crippen molar-refractivity contribution in [3.05, 3.63) is 35.9 Å². The fourth-order valence-corrected chi connectivity index (χ4v) is 1.46. The number of hydrogen-bond acceptors (Lipinski definition) is 1. The van der Waals surface area contributed by atoms with Crippen molar-refractivity contribution in [1.82, 2.24) is 0 Å². The van der Waals surface area contributed by atoms with Crippen LogP contribution in [0.25, 0.3) is 0 Å². The van der Waals surface area contributed by atoms with E-state index in [1.807, 2.05) is 26.8 Å². The van der Waals surface area contributed by atoms with Gasteiger partial charge in [0.05, 0.1) is 0 Å². The highest BCUT2D eigenvalue weighted by Gasteiger charge is 2.06. The highest BCUT2D eigenvalue weighted by Crippen LogP contribution is 2.10. The van der Waals surface area contributed by atoms with Gasteiger partial charge in [0.15, 0.2) is 0 Å². The molecule has 0 amide bonds. The lowest BCUT2D eigenvalue weighted by molar-refractivity contribution is -0.120. The molecule has 1 atom stereocenters. The number of hydrogen-bond donors (Lipinski definition) is 0. The predicted octanol–water partition coefficient (Wildman–Crippen LogP) is 4.90. The van der Waals surface area contributed by atoms with Crippen LogP contribution in [0, 0.1) is 5.92 Å². The summed E-state index contributed by atoms with van der Waals surface area (Å²) in [5.41, 5.74) is 1.36. The van der Waals surface area contributed by atoms with Gasteiger partial charge >= 0.3 is 0 Å². The van der Waals surface area contributed by atoms with Crippen LogP contribution in [0.2, 0.25) is 0 Å². The molecule has 1 heteroatoms. The first-order valence-corrected chi connectivity index (χ1v) is 6.24. The molecular weight excluding hydrogens is 208 g/mol. The molecule has 1 unspecified atom stereocenters. The summed E-state index contributed by atoms with van der Waals surface area (Å²) in [4.78, 5) is 11.0. The second kappa shape index (κ2) is 11.4. The Labute approximate surface area is 107 Å². The Hall–Kier alpha value is -1.11. The molecule has 0 N–H and O–H groups in total. The normalized spacial score (nSPS) is 10.6. The summed E-state index contributed by atoms with van der Waals surface area (Å²) in [6.07, 6.45) is 3.19. The van der Waals surface area contributed by atoms with E-state index in [1.54, 1.807) is 6.92 Å². The van der Waals surface area contributed by atoms with Crippen molar-refractivity contribution < 1.29 is 4.79 Å². The SMILES string of the molecule is C.CC.CC(=O)C(C)CCCc1ccccc1. The second-order valence-electron chi connectivity index (χ2n) is 3.89. The van der Waals surface area contributed by atoms with E-state index in [2.05, 4.69) is 24.3 Å². The molecule has 98 valence electrons. The fourth-order valence-electron chi connectivity index (χ4n) is 1.46. The number of rotatable bonds is 5. The Balaban J connectivity index is 0. The molecule has 1 aromatic carbocycles. The molecule has 0 aliphatic carbocycles. The van der Waals surface area contributed by atoms with Crippen LogP contribution in [0.1, 0.15) is 53.5 Å². The lowest BCUT2D eigenvalue weighted by Crippen LogP contribution is -2.06. The minimum Gasteiger partial charge on any atom is -0.300 e. The number of carbonyl (C=O) groups is 1. The summed E-state index contributed by atoms with van der Waals surface area (Å²) in [6.45, 7) is 7.68. The molecule has 0 aromatic heterocycles. The molecule has 0 radical (unpaired) electrons. The van der Waals surface area contributed by atoms with Crippen molar-refractivity contribution >= 4 is 5.78 Å². The van der Waals surface area contributed by atoms with E-state index in [9.17, 15) is 4.79 Å². The summed E-state index contributed by atoms with van der Waals surface area (Å²) < 4.78 is 0. The van der Waals surface area contributed by atoms with Gasteiger partial charge in [0.2, 0.25) is 0 Å². The molecule has 1 rings (SSSR count). The van der Waals surface area contributed by atoms with Gasteiger partial charge in [0.1, 0.15) is 5.78 Å². The van der Waals surface area contributed by atoms with Gasteiger partial charge in [-0.2, -0.15) is 0 Å². The highest BCUT2D eigenvalue weighted by molar-refractivity contribution is 5.77. The molecular formula is C16H28O. The molecule has 0 aliphatic heterocycles. The van der Waals surface area contributed by atoms with Crippen molar-refractivity contribution in [1.29, 1.82) is 0 Å². The van der Waals surface area contributed by atoms with Crippen LogP contribution in [0.3, 0.4) is 0 Å². The third-order valence-corrected chi connectivity index (χ3v) is 2.64. The largest absolute Gasteiger partial charge is 0.300 e. The maximum atomic E-state index is 11.0. The minimum absolute atomic E-state index is 0. The van der Waals surface area contributed by atoms with Crippen molar-refractivity contribution in [3.8, 4) is 0 Å². The number of benzene rings is 1. The van der Waals surface area contributed by atoms with Gasteiger partial charge in [-0.3, -0.25) is 4.79 Å². The van der Waals surface area contributed by atoms with E-state index in [-0.39, 0.29) is 13.3 Å². The zero-order valence-electron chi connectivity index (χ0n) is 11.0. The molecule has 17 heavy (non-hydrogen) atoms. The van der Waals surface area contributed by atoms with Crippen molar-refractivity contribution in [3.63, 3.8) is 0 Å². The molecule has 0 aliphatic rings. The van der Waals surface area contributed by atoms with Gasteiger partial charge in [0, 0.05) is 5.92 Å². The summed E-state index contributed by atoms with van der Waals surface area (Å²) >= 11 is 0. The molecule has 0 saturated heterocycles. The second-order valence-corrected chi connectivity index (χ2v) is 3.89. The van der Waals surface area contributed by atoms with Gasteiger partial charge in [-0.1, -0.05) is 58.5 Å². The highest BCUT2D eigenvalue weighted by atomic mass is 16.1. The number of carbonyl (C=O) groups excluding carboxylic acids is 1. The zero-order chi connectivity index (χ0) is 12.4. The third-order valence-electron chi connectivity index (χ3n) is 2.64. The first kappa shape index (κ1) is 18.3. The first-order chi connectivity index (χ1) is 7.70. The molecule has 0 saturated carbocycles. The first-order valence-electron chi connectivity index (χ1n) is 6.24. The van der Waals surface area contributed by atoms with Crippen LogP contribution in [-0.2, 0) is 11.2 Å². The van der Waals surface area contributed by atoms with Crippen LogP contribution >= 0.6 is 0 Å². The van der Waals surface area contributed by atoms with E-state index in [4.69, 9.17) is 0 Å². The fraction of sp³-hybridized carbons (Fsp3) is 0.562. The number of aryl methyl sites for hydroxylation is 1. The molecule has 0 heterocycles. The van der Waals surface area contributed by atoms with Crippen molar-refractivity contribution in [2.45, 2.75) is 54.4 Å². The Morgan fingerprint density at radius 1 is 1.18 bits per heavy atom. The molecule has 0 bridgehead atoms. The van der Waals surface area contributed by atoms with Gasteiger partial charge in [-0.25, -0.2) is 0 Å². The summed E-state index contributed by atoms with van der Waals surface area (Å²) in [5.74, 6) is 0.525. The molecule has 1 aromatic rings. The van der Waals surface area contributed by atoms with E-state index in [1.165, 1.54) is 5.56 Å². The van der Waals surface area contributed by atoms with E-state index in [0.717, 1.165) is 19.3 Å². The Bertz CT molecular complexity index is 277. The molecule has 0 fully saturated rings. The average molecular weight is 236 g/mol. The van der Waals surface area contributed by atoms with Crippen LogP contribution in [0.15, 0.2) is 30.3 Å². The summed E-state index contributed by atoms with van der Waals surface area (Å²) in [7, 11) is 0. The maximum Gasteiger partial charge on any atom is 0.132 e. The topological polar surface area (TPSA) is 17.1 Å². The summed E-state index contributed by atoms with van der Waals surface area (Å²) in [6, 6.07) is 10.4. The van der Waals surface area contributed by atoms with E-state index >= 15 is 0 Å². The zero-order valence-corrected chi connectivity index (χ0v) is 11.0. The Morgan fingerprint density at radius 2 is 1.71 bits per heavy atom. The quantitative estimate of drug-likeness (QED) is 0.711. The van der Waals surface area contributed by atoms with Crippen LogP contribution in [0.4, 0.5) is 0 Å². The van der Waals surface area contributed by atoms with Crippen LogP contribution < -0.4 is 0 Å². The lowest BCUT2D eigenvalue weighted by atomic mass is 9.98.